The molecule has 3 rings (SSSR count). The number of hydrogen-bond donors (Lipinski definition) is 1. The number of nitrogens with two attached hydrogens (primary N) is 1. The molecule has 6 heteroatoms. The summed E-state index contributed by atoms with van der Waals surface area (Å²) in [6.45, 7) is 0.629. The van der Waals surface area contributed by atoms with Gasteiger partial charge in [-0.2, -0.15) is 0 Å². The predicted octanol–water partition coefficient (Wildman–Crippen LogP) is 1.90. The Morgan fingerprint density at radius 3 is 2.50 bits per heavy atom. The number of ether oxygens (including phenoxy) is 1. The third kappa shape index (κ3) is 2.43. The van der Waals surface area contributed by atoms with Crippen molar-refractivity contribution in [3.63, 3.8) is 0 Å². The average molecular weight is 316 g/mol. The van der Waals surface area contributed by atoms with Crippen molar-refractivity contribution in [3.05, 3.63) is 28.8 Å². The van der Waals surface area contributed by atoms with Gasteiger partial charge in [-0.05, 0) is 30.5 Å². The fourth-order valence-electron chi connectivity index (χ4n) is 2.91. The van der Waals surface area contributed by atoms with E-state index in [1.165, 1.54) is 6.42 Å². The lowest BCUT2D eigenvalue weighted by Gasteiger charge is -2.41. The summed E-state index contributed by atoms with van der Waals surface area (Å²) in [6, 6.07) is 5.74. The van der Waals surface area contributed by atoms with Gasteiger partial charge in [0.25, 0.3) is 0 Å². The molecule has 110 valence electrons. The van der Waals surface area contributed by atoms with Crippen LogP contribution < -0.4 is 10.5 Å². The summed E-state index contributed by atoms with van der Waals surface area (Å²) in [7, 11) is -2.88. The summed E-state index contributed by atoms with van der Waals surface area (Å²) in [5.41, 5.74) is 7.12. The molecule has 0 radical (unpaired) electrons. The standard InChI is InChI=1S/C14H18ClNO3S/c15-12-6-10(14(9-16)4-1-5-14)2-3-13(12)19-11-7-20(17,18)8-11/h2-3,6,11H,1,4-5,7-9,16H2. The second kappa shape index (κ2) is 4.90. The molecule has 0 spiro atoms. The third-order valence-corrected chi connectivity index (χ3v) is 6.47. The Balaban J connectivity index is 1.75. The first-order chi connectivity index (χ1) is 9.44. The minimum Gasteiger partial charge on any atom is -0.487 e. The van der Waals surface area contributed by atoms with Gasteiger partial charge in [0.2, 0.25) is 0 Å². The second-order valence-corrected chi connectivity index (χ2v) is 8.36. The minimum absolute atomic E-state index is 0.0714. The van der Waals surface area contributed by atoms with Crippen LogP contribution in [0.5, 0.6) is 5.75 Å². The van der Waals surface area contributed by atoms with E-state index in [1.807, 2.05) is 18.2 Å². The van der Waals surface area contributed by atoms with Crippen LogP contribution in [0.25, 0.3) is 0 Å². The molecular weight excluding hydrogens is 298 g/mol. The van der Waals surface area contributed by atoms with Crippen LogP contribution in [0, 0.1) is 0 Å². The monoisotopic (exact) mass is 315 g/mol. The smallest absolute Gasteiger partial charge is 0.157 e. The van der Waals surface area contributed by atoms with E-state index >= 15 is 0 Å². The van der Waals surface area contributed by atoms with Crippen LogP contribution in [0.3, 0.4) is 0 Å². The highest BCUT2D eigenvalue weighted by Gasteiger charge is 2.38. The van der Waals surface area contributed by atoms with Crippen molar-refractivity contribution in [2.45, 2.75) is 30.8 Å². The molecule has 0 bridgehead atoms. The summed E-state index contributed by atoms with van der Waals surface area (Å²) in [6.07, 6.45) is 3.13. The topological polar surface area (TPSA) is 69.4 Å². The van der Waals surface area contributed by atoms with E-state index in [4.69, 9.17) is 22.1 Å². The van der Waals surface area contributed by atoms with E-state index in [0.29, 0.717) is 17.3 Å². The highest BCUT2D eigenvalue weighted by atomic mass is 35.5. The molecule has 1 heterocycles. The van der Waals surface area contributed by atoms with Gasteiger partial charge < -0.3 is 10.5 Å². The molecule has 4 nitrogen and oxygen atoms in total. The van der Waals surface area contributed by atoms with Gasteiger partial charge in [0.05, 0.1) is 16.5 Å². The summed E-state index contributed by atoms with van der Waals surface area (Å²) in [5.74, 6) is 0.720. The van der Waals surface area contributed by atoms with Gasteiger partial charge in [0.15, 0.2) is 9.84 Å². The van der Waals surface area contributed by atoms with Crippen LogP contribution in [0.15, 0.2) is 18.2 Å². The maximum absolute atomic E-state index is 11.1. The Bertz CT molecular complexity index is 608. The summed E-state index contributed by atoms with van der Waals surface area (Å²) < 4.78 is 27.9. The molecule has 1 aromatic carbocycles. The normalized spacial score (nSPS) is 23.7. The zero-order valence-electron chi connectivity index (χ0n) is 11.1. The quantitative estimate of drug-likeness (QED) is 0.921. The van der Waals surface area contributed by atoms with Crippen LogP contribution in [0.1, 0.15) is 24.8 Å². The van der Waals surface area contributed by atoms with Crippen LogP contribution in [-0.2, 0) is 15.3 Å². The highest BCUT2D eigenvalue weighted by Crippen LogP contribution is 2.44. The first-order valence-electron chi connectivity index (χ1n) is 6.81. The van der Waals surface area contributed by atoms with Gasteiger partial charge >= 0.3 is 0 Å². The number of rotatable bonds is 4. The molecule has 1 aromatic rings. The molecule has 1 saturated carbocycles. The van der Waals surface area contributed by atoms with Crippen molar-refractivity contribution in [1.29, 1.82) is 0 Å². The molecule has 1 saturated heterocycles. The van der Waals surface area contributed by atoms with Crippen molar-refractivity contribution in [2.75, 3.05) is 18.1 Å². The molecule has 0 amide bonds. The fraction of sp³-hybridized carbons (Fsp3) is 0.571. The van der Waals surface area contributed by atoms with Gasteiger partial charge in [-0.15, -0.1) is 0 Å². The van der Waals surface area contributed by atoms with Crippen molar-refractivity contribution in [3.8, 4) is 5.75 Å². The summed E-state index contributed by atoms with van der Waals surface area (Å²) in [4.78, 5) is 0. The van der Waals surface area contributed by atoms with Crippen LogP contribution in [0.2, 0.25) is 5.02 Å². The molecule has 0 atom stereocenters. The Labute approximate surface area is 124 Å². The Kier molecular flexibility index (Phi) is 3.47. The Morgan fingerprint density at radius 1 is 1.35 bits per heavy atom. The van der Waals surface area contributed by atoms with Gasteiger partial charge in [0.1, 0.15) is 11.9 Å². The number of sulfone groups is 1. The van der Waals surface area contributed by atoms with Crippen molar-refractivity contribution in [2.24, 2.45) is 5.73 Å². The number of hydrogen-bond acceptors (Lipinski definition) is 4. The second-order valence-electron chi connectivity index (χ2n) is 5.80. The number of benzene rings is 1. The van der Waals surface area contributed by atoms with E-state index in [-0.39, 0.29) is 23.0 Å². The molecule has 0 aromatic heterocycles. The first kappa shape index (κ1) is 14.2. The van der Waals surface area contributed by atoms with E-state index in [9.17, 15) is 8.42 Å². The van der Waals surface area contributed by atoms with Crippen LogP contribution in [-0.4, -0.2) is 32.6 Å². The van der Waals surface area contributed by atoms with Crippen LogP contribution >= 0.6 is 11.6 Å². The van der Waals surface area contributed by atoms with E-state index < -0.39 is 9.84 Å². The van der Waals surface area contributed by atoms with Gasteiger partial charge in [-0.3, -0.25) is 0 Å². The lowest BCUT2D eigenvalue weighted by molar-refractivity contribution is 0.229. The van der Waals surface area contributed by atoms with E-state index in [1.54, 1.807) is 0 Å². The molecule has 0 unspecified atom stereocenters. The summed E-state index contributed by atoms with van der Waals surface area (Å²) >= 11 is 6.25. The highest BCUT2D eigenvalue weighted by molar-refractivity contribution is 7.92. The number of halogens is 1. The Hall–Kier alpha value is -0.780. The molecule has 1 aliphatic heterocycles. The molecule has 2 aliphatic rings. The average Bonchev–Trinajstić information content (AvgIpc) is 2.29. The van der Waals surface area contributed by atoms with Gasteiger partial charge in [-0.1, -0.05) is 24.1 Å². The zero-order valence-corrected chi connectivity index (χ0v) is 12.7. The van der Waals surface area contributed by atoms with Crippen LogP contribution in [0.4, 0.5) is 0 Å². The van der Waals surface area contributed by atoms with Crippen molar-refractivity contribution in [1.82, 2.24) is 0 Å². The van der Waals surface area contributed by atoms with E-state index in [2.05, 4.69) is 0 Å². The maximum atomic E-state index is 11.1. The third-order valence-electron chi connectivity index (χ3n) is 4.42. The lowest BCUT2D eigenvalue weighted by atomic mass is 9.64. The Morgan fingerprint density at radius 2 is 2.05 bits per heavy atom. The first-order valence-corrected chi connectivity index (χ1v) is 9.01. The predicted molar refractivity (Wildman–Crippen MR) is 79.1 cm³/mol. The fourth-order valence-corrected chi connectivity index (χ4v) is 4.30. The lowest BCUT2D eigenvalue weighted by Crippen LogP contribution is -2.45. The van der Waals surface area contributed by atoms with Crippen molar-refractivity contribution < 1.29 is 13.2 Å². The zero-order chi connectivity index (χ0) is 14.4. The van der Waals surface area contributed by atoms with Gasteiger partial charge in [-0.25, -0.2) is 8.42 Å². The molecule has 1 aliphatic carbocycles. The minimum atomic E-state index is -2.88. The van der Waals surface area contributed by atoms with Crippen molar-refractivity contribution >= 4 is 21.4 Å². The molecule has 2 N–H and O–H groups in total. The maximum Gasteiger partial charge on any atom is 0.157 e. The molecule has 2 fully saturated rings. The molecular formula is C14H18ClNO3S. The SMILES string of the molecule is NCC1(c2ccc(OC3CS(=O)(=O)C3)c(Cl)c2)CCC1. The van der Waals surface area contributed by atoms with Gasteiger partial charge in [0, 0.05) is 12.0 Å². The van der Waals surface area contributed by atoms with E-state index in [0.717, 1.165) is 18.4 Å². The molecule has 20 heavy (non-hydrogen) atoms. The largest absolute Gasteiger partial charge is 0.487 e. The summed E-state index contributed by atoms with van der Waals surface area (Å²) in [5, 5.41) is 0.534.